The molecule has 2 heterocycles. The topological polar surface area (TPSA) is 70.6 Å². The van der Waals surface area contributed by atoms with Crippen molar-refractivity contribution in [1.82, 2.24) is 5.32 Å². The van der Waals surface area contributed by atoms with Gasteiger partial charge in [0.1, 0.15) is 11.2 Å². The van der Waals surface area contributed by atoms with Crippen LogP contribution in [0.25, 0.3) is 0 Å². The zero-order valence-corrected chi connectivity index (χ0v) is 13.6. The molecule has 1 unspecified atom stereocenters. The number of rotatable bonds is 2. The van der Waals surface area contributed by atoms with E-state index in [1.807, 2.05) is 6.07 Å². The summed E-state index contributed by atoms with van der Waals surface area (Å²) in [6.45, 7) is 0. The number of phenolic OH excluding ortho intramolecular Hbond substituents is 1. The summed E-state index contributed by atoms with van der Waals surface area (Å²) in [7, 11) is 1.51. The second-order valence-corrected chi connectivity index (χ2v) is 7.00. The average Bonchev–Trinajstić information content (AvgIpc) is 2.93. The predicted octanol–water partition coefficient (Wildman–Crippen LogP) is 3.20. The van der Waals surface area contributed by atoms with Crippen LogP contribution in [0.2, 0.25) is 0 Å². The molecule has 4 rings (SSSR count). The van der Waals surface area contributed by atoms with Gasteiger partial charge in [-0.25, -0.2) is 0 Å². The van der Waals surface area contributed by atoms with Gasteiger partial charge in [0.15, 0.2) is 11.5 Å². The average molecular weight is 330 g/mol. The minimum Gasteiger partial charge on any atom is -0.504 e. The summed E-state index contributed by atoms with van der Waals surface area (Å²) in [6, 6.07) is 5.16. The van der Waals surface area contributed by atoms with E-state index in [1.165, 1.54) is 24.0 Å². The summed E-state index contributed by atoms with van der Waals surface area (Å²) in [5.74, 6) is 0.457. The van der Waals surface area contributed by atoms with Crippen LogP contribution in [0.5, 0.6) is 11.5 Å². The van der Waals surface area contributed by atoms with Crippen LogP contribution in [0.1, 0.15) is 45.4 Å². The van der Waals surface area contributed by atoms with Crippen LogP contribution < -0.4 is 15.4 Å². The lowest BCUT2D eigenvalue weighted by molar-refractivity contribution is 0.0935. The van der Waals surface area contributed by atoms with Gasteiger partial charge in [-0.05, 0) is 48.9 Å². The number of carbonyl (C=O) groups excluding carboxylic acids is 1. The second-order valence-electron chi connectivity index (χ2n) is 5.90. The molecule has 3 N–H and O–H groups in total. The Morgan fingerprint density at radius 2 is 2.09 bits per heavy atom. The smallest absolute Gasteiger partial charge is 0.256 e. The minimum absolute atomic E-state index is 0.0292. The Morgan fingerprint density at radius 1 is 1.26 bits per heavy atom. The standard InChI is InChI=1S/C17H18N2O3S/c1-22-12-7-6-9(8-11(12)20)15-18-16(21)14-10-4-2-3-5-13(10)23-17(14)19-15/h6-8,15,19-20H,2-5H2,1H3,(H,18,21). The number of hydrogen-bond donors (Lipinski definition) is 3. The van der Waals surface area contributed by atoms with E-state index in [-0.39, 0.29) is 17.8 Å². The van der Waals surface area contributed by atoms with Gasteiger partial charge in [0.25, 0.3) is 5.91 Å². The highest BCUT2D eigenvalue weighted by Crippen LogP contribution is 2.42. The summed E-state index contributed by atoms with van der Waals surface area (Å²) < 4.78 is 5.06. The third kappa shape index (κ3) is 2.34. The van der Waals surface area contributed by atoms with Gasteiger partial charge < -0.3 is 20.5 Å². The molecule has 1 aliphatic carbocycles. The van der Waals surface area contributed by atoms with Gasteiger partial charge >= 0.3 is 0 Å². The van der Waals surface area contributed by atoms with Crippen molar-refractivity contribution in [2.45, 2.75) is 31.8 Å². The Morgan fingerprint density at radius 3 is 2.87 bits per heavy atom. The van der Waals surface area contributed by atoms with E-state index in [2.05, 4.69) is 10.6 Å². The first-order valence-corrected chi connectivity index (χ1v) is 8.58. The van der Waals surface area contributed by atoms with Crippen molar-refractivity contribution in [1.29, 1.82) is 0 Å². The number of fused-ring (bicyclic) bond motifs is 3. The van der Waals surface area contributed by atoms with E-state index in [4.69, 9.17) is 4.74 Å². The third-order valence-corrected chi connectivity index (χ3v) is 5.71. The molecule has 1 aromatic heterocycles. The van der Waals surface area contributed by atoms with E-state index < -0.39 is 0 Å². The highest BCUT2D eigenvalue weighted by atomic mass is 32.1. The van der Waals surface area contributed by atoms with E-state index in [0.29, 0.717) is 5.75 Å². The number of benzene rings is 1. The SMILES string of the molecule is COc1ccc(C2NC(=O)c3c(sc4c3CCCC4)N2)cc1O. The van der Waals surface area contributed by atoms with Gasteiger partial charge in [-0.3, -0.25) is 4.79 Å². The Hall–Kier alpha value is -2.21. The maximum atomic E-state index is 12.6. The first-order valence-electron chi connectivity index (χ1n) is 7.76. The predicted molar refractivity (Wildman–Crippen MR) is 89.4 cm³/mol. The van der Waals surface area contributed by atoms with E-state index in [9.17, 15) is 9.90 Å². The van der Waals surface area contributed by atoms with Crippen molar-refractivity contribution in [3.05, 3.63) is 39.8 Å². The van der Waals surface area contributed by atoms with E-state index in [1.54, 1.807) is 23.5 Å². The van der Waals surface area contributed by atoms with Gasteiger partial charge in [-0.15, -0.1) is 11.3 Å². The van der Waals surface area contributed by atoms with Gasteiger partial charge in [0, 0.05) is 4.88 Å². The van der Waals surface area contributed by atoms with Crippen LogP contribution in [0.4, 0.5) is 5.00 Å². The number of ether oxygens (including phenoxy) is 1. The molecule has 1 atom stereocenters. The van der Waals surface area contributed by atoms with Gasteiger partial charge in [-0.2, -0.15) is 0 Å². The van der Waals surface area contributed by atoms with Gasteiger partial charge in [0.2, 0.25) is 0 Å². The number of amides is 1. The van der Waals surface area contributed by atoms with E-state index >= 15 is 0 Å². The fraction of sp³-hybridized carbons (Fsp3) is 0.353. The van der Waals surface area contributed by atoms with Crippen LogP contribution >= 0.6 is 11.3 Å². The number of phenols is 1. The largest absolute Gasteiger partial charge is 0.504 e. The molecule has 1 aliphatic heterocycles. The summed E-state index contributed by atoms with van der Waals surface area (Å²) in [5, 5.41) is 17.3. The molecule has 6 heteroatoms. The van der Waals surface area contributed by atoms with Gasteiger partial charge in [-0.1, -0.05) is 6.07 Å². The summed E-state index contributed by atoms with van der Waals surface area (Å²) in [4.78, 5) is 13.9. The molecule has 0 fully saturated rings. The summed E-state index contributed by atoms with van der Waals surface area (Å²) >= 11 is 1.69. The molecule has 120 valence electrons. The second kappa shape index (κ2) is 5.45. The van der Waals surface area contributed by atoms with Crippen molar-refractivity contribution < 1.29 is 14.6 Å². The molecule has 0 radical (unpaired) electrons. The maximum absolute atomic E-state index is 12.6. The number of anilines is 1. The van der Waals surface area contributed by atoms with Crippen molar-refractivity contribution in [3.63, 3.8) is 0 Å². The number of hydrogen-bond acceptors (Lipinski definition) is 5. The number of aromatic hydroxyl groups is 1. The number of thiophene rings is 1. The van der Waals surface area contributed by atoms with Crippen molar-refractivity contribution in [2.75, 3.05) is 12.4 Å². The highest BCUT2D eigenvalue weighted by molar-refractivity contribution is 7.16. The maximum Gasteiger partial charge on any atom is 0.256 e. The van der Waals surface area contributed by atoms with Crippen LogP contribution in [0, 0.1) is 0 Å². The number of nitrogens with one attached hydrogen (secondary N) is 2. The molecule has 0 saturated carbocycles. The monoisotopic (exact) mass is 330 g/mol. The summed E-state index contributed by atoms with van der Waals surface area (Å²) in [6.07, 6.45) is 4.07. The third-order valence-electron chi connectivity index (χ3n) is 4.49. The summed E-state index contributed by atoms with van der Waals surface area (Å²) in [5.41, 5.74) is 2.84. The molecule has 2 aliphatic rings. The molecule has 0 spiro atoms. The molecular weight excluding hydrogens is 312 g/mol. The Balaban J connectivity index is 1.68. The quantitative estimate of drug-likeness (QED) is 0.791. The molecule has 0 saturated heterocycles. The van der Waals surface area contributed by atoms with E-state index in [0.717, 1.165) is 35.4 Å². The normalized spacial score (nSPS) is 19.3. The van der Waals surface area contributed by atoms with Crippen LogP contribution in [0.15, 0.2) is 18.2 Å². The van der Waals surface area contributed by atoms with Crippen LogP contribution in [-0.4, -0.2) is 18.1 Å². The van der Waals surface area contributed by atoms with Crippen molar-refractivity contribution >= 4 is 22.2 Å². The Labute approximate surface area is 138 Å². The molecule has 0 bridgehead atoms. The molecular formula is C17H18N2O3S. The lowest BCUT2D eigenvalue weighted by atomic mass is 9.94. The molecule has 1 aromatic carbocycles. The fourth-order valence-corrected chi connectivity index (χ4v) is 4.65. The molecule has 1 amide bonds. The van der Waals surface area contributed by atoms with Gasteiger partial charge in [0.05, 0.1) is 12.7 Å². The Bertz CT molecular complexity index is 784. The first kappa shape index (κ1) is 14.4. The van der Waals surface area contributed by atoms with Crippen LogP contribution in [0.3, 0.4) is 0 Å². The molecule has 5 nitrogen and oxygen atoms in total. The number of methoxy groups -OCH3 is 1. The van der Waals surface area contributed by atoms with Crippen LogP contribution in [-0.2, 0) is 12.8 Å². The Kier molecular flexibility index (Phi) is 3.41. The number of carbonyl (C=O) groups is 1. The molecule has 23 heavy (non-hydrogen) atoms. The number of aryl methyl sites for hydroxylation is 1. The zero-order chi connectivity index (χ0) is 16.0. The first-order chi connectivity index (χ1) is 11.2. The lowest BCUT2D eigenvalue weighted by Gasteiger charge is -2.27. The molecule has 2 aromatic rings. The highest BCUT2D eigenvalue weighted by Gasteiger charge is 2.32. The lowest BCUT2D eigenvalue weighted by Crippen LogP contribution is -2.38. The van der Waals surface area contributed by atoms with Crippen molar-refractivity contribution in [3.8, 4) is 11.5 Å². The zero-order valence-electron chi connectivity index (χ0n) is 12.8. The minimum atomic E-state index is -0.341. The fourth-order valence-electron chi connectivity index (χ4n) is 3.33. The van der Waals surface area contributed by atoms with Crippen molar-refractivity contribution in [2.24, 2.45) is 0 Å².